The van der Waals surface area contributed by atoms with Gasteiger partial charge in [0.05, 0.1) is 0 Å². The van der Waals surface area contributed by atoms with E-state index in [-0.39, 0.29) is 0 Å². The van der Waals surface area contributed by atoms with E-state index in [2.05, 4.69) is 35.8 Å². The minimum absolute atomic E-state index is 0.592. The first kappa shape index (κ1) is 13.0. The first-order chi connectivity index (χ1) is 9.31. The molecule has 1 aliphatic heterocycles. The molecule has 0 unspecified atom stereocenters. The summed E-state index contributed by atoms with van der Waals surface area (Å²) in [6, 6.07) is 6.90. The van der Waals surface area contributed by atoms with Crippen molar-refractivity contribution >= 4 is 5.69 Å². The maximum absolute atomic E-state index is 3.70. The summed E-state index contributed by atoms with van der Waals surface area (Å²) in [4.78, 5) is 0. The quantitative estimate of drug-likeness (QED) is 0.841. The van der Waals surface area contributed by atoms with E-state index in [0.29, 0.717) is 5.41 Å². The summed E-state index contributed by atoms with van der Waals surface area (Å²) in [5.41, 5.74) is 4.84. The summed E-state index contributed by atoms with van der Waals surface area (Å²) < 4.78 is 0. The minimum Gasteiger partial charge on any atom is -0.384 e. The Kier molecular flexibility index (Phi) is 3.79. The van der Waals surface area contributed by atoms with Crippen molar-refractivity contribution in [2.24, 2.45) is 5.41 Å². The molecule has 1 aliphatic carbocycles. The van der Waals surface area contributed by atoms with Gasteiger partial charge in [-0.25, -0.2) is 0 Å². The van der Waals surface area contributed by atoms with E-state index in [1.807, 2.05) is 0 Å². The molecule has 19 heavy (non-hydrogen) atoms. The van der Waals surface area contributed by atoms with Gasteiger partial charge in [-0.15, -0.1) is 0 Å². The minimum atomic E-state index is 0.592. The molecule has 0 spiro atoms. The van der Waals surface area contributed by atoms with Gasteiger partial charge in [-0.3, -0.25) is 0 Å². The molecule has 0 radical (unpaired) electrons. The second kappa shape index (κ2) is 5.54. The zero-order valence-electron chi connectivity index (χ0n) is 12.1. The molecule has 104 valence electrons. The molecule has 3 rings (SSSR count). The van der Waals surface area contributed by atoms with Crippen molar-refractivity contribution in [3.63, 3.8) is 0 Å². The van der Waals surface area contributed by atoms with Crippen LogP contribution in [0.4, 0.5) is 5.69 Å². The summed E-state index contributed by atoms with van der Waals surface area (Å²) in [7, 11) is 0. The number of fused-ring (bicyclic) bond motifs is 1. The SMILES string of the molecule is CCC1(CNCc2ccc3c(c2)NCC3)CCCC1. The fraction of sp³-hybridized carbons (Fsp3) is 0.647. The van der Waals surface area contributed by atoms with Gasteiger partial charge >= 0.3 is 0 Å². The van der Waals surface area contributed by atoms with Crippen molar-refractivity contribution in [3.05, 3.63) is 29.3 Å². The molecule has 1 saturated carbocycles. The molecule has 1 aromatic rings. The van der Waals surface area contributed by atoms with Crippen LogP contribution in [0.15, 0.2) is 18.2 Å². The molecule has 2 aliphatic rings. The number of benzene rings is 1. The van der Waals surface area contributed by atoms with Crippen LogP contribution < -0.4 is 10.6 Å². The lowest BCUT2D eigenvalue weighted by molar-refractivity contribution is 0.268. The maximum atomic E-state index is 3.70. The molecule has 1 fully saturated rings. The van der Waals surface area contributed by atoms with Gasteiger partial charge in [0.1, 0.15) is 0 Å². The van der Waals surface area contributed by atoms with E-state index in [9.17, 15) is 0 Å². The molecule has 0 amide bonds. The lowest BCUT2D eigenvalue weighted by Crippen LogP contribution is -2.31. The second-order valence-electron chi connectivity index (χ2n) is 6.33. The standard InChI is InChI=1S/C17H26N2/c1-2-17(8-3-4-9-17)13-18-12-14-5-6-15-7-10-19-16(15)11-14/h5-6,11,18-19H,2-4,7-10,12-13H2,1H3. The average molecular weight is 258 g/mol. The molecule has 1 heterocycles. The van der Waals surface area contributed by atoms with Crippen LogP contribution in [-0.4, -0.2) is 13.1 Å². The van der Waals surface area contributed by atoms with E-state index in [0.717, 1.165) is 13.1 Å². The van der Waals surface area contributed by atoms with E-state index in [1.165, 1.54) is 61.9 Å². The van der Waals surface area contributed by atoms with Gasteiger partial charge in [-0.2, -0.15) is 0 Å². The predicted molar refractivity (Wildman–Crippen MR) is 81.5 cm³/mol. The van der Waals surface area contributed by atoms with Crippen molar-refractivity contribution in [3.8, 4) is 0 Å². The smallest absolute Gasteiger partial charge is 0.0376 e. The molecule has 0 bridgehead atoms. The van der Waals surface area contributed by atoms with Gasteiger partial charge < -0.3 is 10.6 Å². The number of rotatable bonds is 5. The molecule has 0 aromatic heterocycles. The Hall–Kier alpha value is -1.02. The Morgan fingerprint density at radius 2 is 2.11 bits per heavy atom. The van der Waals surface area contributed by atoms with Gasteiger partial charge in [0.25, 0.3) is 0 Å². The van der Waals surface area contributed by atoms with Gasteiger partial charge in [-0.05, 0) is 48.3 Å². The fourth-order valence-electron chi connectivity index (χ4n) is 3.70. The van der Waals surface area contributed by atoms with E-state index < -0.39 is 0 Å². The van der Waals surface area contributed by atoms with Crippen LogP contribution >= 0.6 is 0 Å². The van der Waals surface area contributed by atoms with Crippen LogP contribution in [0.25, 0.3) is 0 Å². The highest BCUT2D eigenvalue weighted by Gasteiger charge is 2.31. The first-order valence-electron chi connectivity index (χ1n) is 7.88. The summed E-state index contributed by atoms with van der Waals surface area (Å²) in [5, 5.41) is 7.16. The molecule has 0 saturated heterocycles. The van der Waals surface area contributed by atoms with Crippen LogP contribution in [0.2, 0.25) is 0 Å². The summed E-state index contributed by atoms with van der Waals surface area (Å²) in [6.45, 7) is 5.65. The third-order valence-electron chi connectivity index (χ3n) is 5.13. The Morgan fingerprint density at radius 3 is 2.89 bits per heavy atom. The molecule has 2 N–H and O–H groups in total. The van der Waals surface area contributed by atoms with Crippen LogP contribution in [0.5, 0.6) is 0 Å². The largest absolute Gasteiger partial charge is 0.384 e. The third kappa shape index (κ3) is 2.79. The molecular formula is C17H26N2. The van der Waals surface area contributed by atoms with E-state index >= 15 is 0 Å². The third-order valence-corrected chi connectivity index (χ3v) is 5.13. The Balaban J connectivity index is 1.55. The fourth-order valence-corrected chi connectivity index (χ4v) is 3.70. The molecule has 1 aromatic carbocycles. The summed E-state index contributed by atoms with van der Waals surface area (Å²) >= 11 is 0. The summed E-state index contributed by atoms with van der Waals surface area (Å²) in [5.74, 6) is 0. The lowest BCUT2D eigenvalue weighted by Gasteiger charge is -2.27. The van der Waals surface area contributed by atoms with Crippen molar-refractivity contribution in [1.29, 1.82) is 0 Å². The zero-order chi connectivity index (χ0) is 13.1. The van der Waals surface area contributed by atoms with Crippen molar-refractivity contribution < 1.29 is 0 Å². The zero-order valence-corrected chi connectivity index (χ0v) is 12.1. The number of nitrogens with one attached hydrogen (secondary N) is 2. The normalized spacial score (nSPS) is 20.3. The predicted octanol–water partition coefficient (Wildman–Crippen LogP) is 3.71. The van der Waals surface area contributed by atoms with Crippen LogP contribution in [0.3, 0.4) is 0 Å². The van der Waals surface area contributed by atoms with Crippen molar-refractivity contribution in [2.75, 3.05) is 18.4 Å². The first-order valence-corrected chi connectivity index (χ1v) is 7.88. The van der Waals surface area contributed by atoms with Gasteiger partial charge in [0.2, 0.25) is 0 Å². The van der Waals surface area contributed by atoms with E-state index in [1.54, 1.807) is 0 Å². The highest BCUT2D eigenvalue weighted by atomic mass is 14.9. The van der Waals surface area contributed by atoms with Gasteiger partial charge in [-0.1, -0.05) is 31.9 Å². The van der Waals surface area contributed by atoms with E-state index in [4.69, 9.17) is 0 Å². The average Bonchev–Trinajstić information content (AvgIpc) is 3.07. The number of anilines is 1. The van der Waals surface area contributed by atoms with Crippen LogP contribution in [0, 0.1) is 5.41 Å². The molecule has 0 atom stereocenters. The Bertz CT molecular complexity index is 433. The number of hydrogen-bond donors (Lipinski definition) is 2. The van der Waals surface area contributed by atoms with Gasteiger partial charge in [0.15, 0.2) is 0 Å². The van der Waals surface area contributed by atoms with Crippen molar-refractivity contribution in [1.82, 2.24) is 5.32 Å². The maximum Gasteiger partial charge on any atom is 0.0376 e. The molecule has 2 heteroatoms. The van der Waals surface area contributed by atoms with Crippen LogP contribution in [-0.2, 0) is 13.0 Å². The Labute approximate surface area is 117 Å². The van der Waals surface area contributed by atoms with Crippen molar-refractivity contribution in [2.45, 2.75) is 52.0 Å². The Morgan fingerprint density at radius 1 is 1.26 bits per heavy atom. The second-order valence-corrected chi connectivity index (χ2v) is 6.33. The lowest BCUT2D eigenvalue weighted by atomic mass is 9.83. The number of hydrogen-bond acceptors (Lipinski definition) is 2. The topological polar surface area (TPSA) is 24.1 Å². The highest BCUT2D eigenvalue weighted by molar-refractivity contribution is 5.56. The van der Waals surface area contributed by atoms with Crippen LogP contribution in [0.1, 0.15) is 50.2 Å². The molecular weight excluding hydrogens is 232 g/mol. The van der Waals surface area contributed by atoms with Gasteiger partial charge in [0, 0.05) is 25.3 Å². The highest BCUT2D eigenvalue weighted by Crippen LogP contribution is 2.40. The summed E-state index contributed by atoms with van der Waals surface area (Å²) in [6.07, 6.45) is 8.20. The molecule has 2 nitrogen and oxygen atoms in total. The monoisotopic (exact) mass is 258 g/mol.